The van der Waals surface area contributed by atoms with Crippen LogP contribution < -0.4 is 11.3 Å². The summed E-state index contributed by atoms with van der Waals surface area (Å²) in [5, 5.41) is 0. The molecule has 2 atom stereocenters. The van der Waals surface area contributed by atoms with E-state index in [1.807, 2.05) is 13.8 Å². The lowest BCUT2D eigenvalue weighted by atomic mass is 9.74. The van der Waals surface area contributed by atoms with Gasteiger partial charge in [0.15, 0.2) is 0 Å². The van der Waals surface area contributed by atoms with E-state index in [2.05, 4.69) is 46.8 Å². The SMILES string of the molecule is Cc1cc(C(CC2Cc3ccccc32)NN)cc(C)n1. The highest BCUT2D eigenvalue weighted by Crippen LogP contribution is 2.40. The molecule has 2 unspecified atom stereocenters. The van der Waals surface area contributed by atoms with Gasteiger partial charge in [-0.25, -0.2) is 0 Å². The summed E-state index contributed by atoms with van der Waals surface area (Å²) >= 11 is 0. The summed E-state index contributed by atoms with van der Waals surface area (Å²) < 4.78 is 0. The minimum atomic E-state index is 0.189. The van der Waals surface area contributed by atoms with Crippen molar-refractivity contribution in [2.75, 3.05) is 0 Å². The molecule has 0 bridgehead atoms. The molecule has 1 heterocycles. The number of aryl methyl sites for hydroxylation is 2. The lowest BCUT2D eigenvalue weighted by molar-refractivity contribution is 0.435. The fourth-order valence-corrected chi connectivity index (χ4v) is 3.23. The minimum Gasteiger partial charge on any atom is -0.271 e. The third kappa shape index (κ3) is 2.47. The van der Waals surface area contributed by atoms with Crippen molar-refractivity contribution in [2.45, 2.75) is 38.6 Å². The van der Waals surface area contributed by atoms with Gasteiger partial charge < -0.3 is 0 Å². The molecule has 104 valence electrons. The summed E-state index contributed by atoms with van der Waals surface area (Å²) in [4.78, 5) is 4.43. The van der Waals surface area contributed by atoms with Crippen LogP contribution in [0.25, 0.3) is 0 Å². The van der Waals surface area contributed by atoms with Crippen molar-refractivity contribution in [3.8, 4) is 0 Å². The summed E-state index contributed by atoms with van der Waals surface area (Å²) in [5.41, 5.74) is 9.28. The van der Waals surface area contributed by atoms with Crippen molar-refractivity contribution in [3.63, 3.8) is 0 Å². The van der Waals surface area contributed by atoms with Gasteiger partial charge in [-0.05, 0) is 61.4 Å². The van der Waals surface area contributed by atoms with E-state index < -0.39 is 0 Å². The van der Waals surface area contributed by atoms with Crippen LogP contribution in [-0.2, 0) is 6.42 Å². The smallest absolute Gasteiger partial charge is 0.0467 e. The molecule has 1 aliphatic rings. The molecule has 0 fully saturated rings. The minimum absolute atomic E-state index is 0.189. The Balaban J connectivity index is 1.79. The zero-order valence-electron chi connectivity index (χ0n) is 12.1. The summed E-state index contributed by atoms with van der Waals surface area (Å²) in [5.74, 6) is 6.39. The van der Waals surface area contributed by atoms with Gasteiger partial charge >= 0.3 is 0 Å². The Bertz CT molecular complexity index is 601. The van der Waals surface area contributed by atoms with Gasteiger partial charge in [-0.3, -0.25) is 16.3 Å². The first-order valence-electron chi connectivity index (χ1n) is 7.16. The molecule has 0 amide bonds. The Kier molecular flexibility index (Phi) is 3.55. The van der Waals surface area contributed by atoms with Crippen molar-refractivity contribution in [1.82, 2.24) is 10.4 Å². The second kappa shape index (κ2) is 5.35. The Labute approximate surface area is 120 Å². The van der Waals surface area contributed by atoms with Crippen LogP contribution in [0, 0.1) is 13.8 Å². The van der Waals surface area contributed by atoms with Crippen LogP contribution in [-0.4, -0.2) is 4.98 Å². The van der Waals surface area contributed by atoms with Crippen molar-refractivity contribution >= 4 is 0 Å². The van der Waals surface area contributed by atoms with Crippen LogP contribution in [0.5, 0.6) is 0 Å². The van der Waals surface area contributed by atoms with Crippen LogP contribution in [0.4, 0.5) is 0 Å². The number of fused-ring (bicyclic) bond motifs is 1. The van der Waals surface area contributed by atoms with Gasteiger partial charge in [-0.15, -0.1) is 0 Å². The zero-order chi connectivity index (χ0) is 14.1. The van der Waals surface area contributed by atoms with Crippen molar-refractivity contribution in [2.24, 2.45) is 5.84 Å². The van der Waals surface area contributed by atoms with E-state index in [-0.39, 0.29) is 6.04 Å². The predicted octanol–water partition coefficient (Wildman–Crippen LogP) is 2.93. The molecule has 20 heavy (non-hydrogen) atoms. The number of nitrogens with two attached hydrogens (primary N) is 1. The number of nitrogens with one attached hydrogen (secondary N) is 1. The van der Waals surface area contributed by atoms with Crippen LogP contribution in [0.2, 0.25) is 0 Å². The Morgan fingerprint density at radius 2 is 1.95 bits per heavy atom. The number of hydrazine groups is 1. The van der Waals surface area contributed by atoms with Gasteiger partial charge in [0.1, 0.15) is 0 Å². The first-order valence-corrected chi connectivity index (χ1v) is 7.16. The molecule has 1 aliphatic carbocycles. The average Bonchev–Trinajstić information content (AvgIpc) is 2.39. The van der Waals surface area contributed by atoms with Crippen molar-refractivity contribution < 1.29 is 0 Å². The van der Waals surface area contributed by atoms with E-state index in [1.165, 1.54) is 16.7 Å². The molecule has 1 aromatic carbocycles. The molecule has 3 heteroatoms. The van der Waals surface area contributed by atoms with Gasteiger partial charge in [-0.1, -0.05) is 24.3 Å². The highest BCUT2D eigenvalue weighted by atomic mass is 15.2. The molecule has 0 radical (unpaired) electrons. The quantitative estimate of drug-likeness (QED) is 0.661. The van der Waals surface area contributed by atoms with Crippen molar-refractivity contribution in [3.05, 3.63) is 64.5 Å². The highest BCUT2D eigenvalue weighted by molar-refractivity contribution is 5.40. The van der Waals surface area contributed by atoms with Gasteiger partial charge in [-0.2, -0.15) is 0 Å². The van der Waals surface area contributed by atoms with E-state index in [0.717, 1.165) is 24.2 Å². The topological polar surface area (TPSA) is 50.9 Å². The molecule has 3 N–H and O–H groups in total. The maximum absolute atomic E-state index is 5.78. The van der Waals surface area contributed by atoms with E-state index in [1.54, 1.807) is 0 Å². The monoisotopic (exact) mass is 267 g/mol. The lowest BCUT2D eigenvalue weighted by Gasteiger charge is -2.33. The molecule has 0 saturated carbocycles. The molecule has 2 aromatic rings. The first-order chi connectivity index (χ1) is 9.67. The molecule has 0 aliphatic heterocycles. The van der Waals surface area contributed by atoms with Crippen LogP contribution in [0.3, 0.4) is 0 Å². The van der Waals surface area contributed by atoms with E-state index in [0.29, 0.717) is 5.92 Å². The van der Waals surface area contributed by atoms with Crippen LogP contribution in [0.15, 0.2) is 36.4 Å². The Morgan fingerprint density at radius 3 is 2.60 bits per heavy atom. The second-order valence-electron chi connectivity index (χ2n) is 5.74. The second-order valence-corrected chi connectivity index (χ2v) is 5.74. The van der Waals surface area contributed by atoms with Crippen molar-refractivity contribution in [1.29, 1.82) is 0 Å². The molecule has 1 aromatic heterocycles. The fourth-order valence-electron chi connectivity index (χ4n) is 3.23. The largest absolute Gasteiger partial charge is 0.271 e. The average molecular weight is 267 g/mol. The van der Waals surface area contributed by atoms with Gasteiger partial charge in [0.2, 0.25) is 0 Å². The number of nitrogens with zero attached hydrogens (tertiary/aromatic N) is 1. The van der Waals surface area contributed by atoms with E-state index >= 15 is 0 Å². The first kappa shape index (κ1) is 13.3. The number of benzene rings is 1. The van der Waals surface area contributed by atoms with E-state index in [9.17, 15) is 0 Å². The van der Waals surface area contributed by atoms with Crippen LogP contribution in [0.1, 0.15) is 46.5 Å². The molecule has 3 nitrogen and oxygen atoms in total. The third-order valence-electron chi connectivity index (χ3n) is 4.19. The number of aromatic nitrogens is 1. The molecule has 0 saturated heterocycles. The number of hydrogen-bond donors (Lipinski definition) is 2. The maximum Gasteiger partial charge on any atom is 0.0467 e. The van der Waals surface area contributed by atoms with Crippen LogP contribution >= 0.6 is 0 Å². The Morgan fingerprint density at radius 1 is 1.25 bits per heavy atom. The predicted molar refractivity (Wildman–Crippen MR) is 81.3 cm³/mol. The van der Waals surface area contributed by atoms with Gasteiger partial charge in [0, 0.05) is 17.4 Å². The third-order valence-corrected chi connectivity index (χ3v) is 4.19. The number of hydrogen-bond acceptors (Lipinski definition) is 3. The zero-order valence-corrected chi connectivity index (χ0v) is 12.1. The summed E-state index contributed by atoms with van der Waals surface area (Å²) in [6, 6.07) is 13.1. The summed E-state index contributed by atoms with van der Waals surface area (Å²) in [6.07, 6.45) is 2.20. The van der Waals surface area contributed by atoms with E-state index in [4.69, 9.17) is 5.84 Å². The Hall–Kier alpha value is -1.71. The summed E-state index contributed by atoms with van der Waals surface area (Å²) in [7, 11) is 0. The standard InChI is InChI=1S/C17H21N3/c1-11-7-15(8-12(2)19-11)17(20-18)10-14-9-13-5-3-4-6-16(13)14/h3-8,14,17,20H,9-10,18H2,1-2H3. The normalized spacial score (nSPS) is 18.2. The maximum atomic E-state index is 5.78. The number of rotatable bonds is 4. The molecular formula is C17H21N3. The molecular weight excluding hydrogens is 246 g/mol. The summed E-state index contributed by atoms with van der Waals surface area (Å²) in [6.45, 7) is 4.06. The van der Waals surface area contributed by atoms with Gasteiger partial charge in [0.25, 0.3) is 0 Å². The molecule has 3 rings (SSSR count). The fraction of sp³-hybridized carbons (Fsp3) is 0.353. The highest BCUT2D eigenvalue weighted by Gasteiger charge is 2.28. The lowest BCUT2D eigenvalue weighted by Crippen LogP contribution is -2.31. The number of pyridine rings is 1. The molecule has 0 spiro atoms. The van der Waals surface area contributed by atoms with Gasteiger partial charge in [0.05, 0.1) is 0 Å².